The first-order valence-corrected chi connectivity index (χ1v) is 6.38. The van der Waals surface area contributed by atoms with Gasteiger partial charge in [-0.25, -0.2) is 8.78 Å². The van der Waals surface area contributed by atoms with Crippen LogP contribution >= 0.6 is 0 Å². The van der Waals surface area contributed by atoms with Crippen molar-refractivity contribution in [3.63, 3.8) is 0 Å². The molecule has 2 rings (SSSR count). The van der Waals surface area contributed by atoms with Gasteiger partial charge in [0, 0.05) is 12.6 Å². The van der Waals surface area contributed by atoms with Gasteiger partial charge in [0.2, 0.25) is 0 Å². The SMILES string of the molecule is CC1(CN)CCN(Cc2cc(F)cc(F)c2)CC1. The number of nitrogens with two attached hydrogens (primary N) is 1. The van der Waals surface area contributed by atoms with Crippen LogP contribution in [0.2, 0.25) is 0 Å². The molecule has 2 N–H and O–H groups in total. The van der Waals surface area contributed by atoms with Crippen LogP contribution in [0.25, 0.3) is 0 Å². The molecule has 100 valence electrons. The molecule has 0 unspecified atom stereocenters. The van der Waals surface area contributed by atoms with E-state index < -0.39 is 11.6 Å². The molecule has 1 aromatic rings. The molecule has 0 aromatic heterocycles. The number of piperidine rings is 1. The highest BCUT2D eigenvalue weighted by Crippen LogP contribution is 2.30. The normalized spacial score (nSPS) is 20.0. The van der Waals surface area contributed by atoms with Crippen LogP contribution in [0.15, 0.2) is 18.2 Å². The van der Waals surface area contributed by atoms with Crippen molar-refractivity contribution in [2.24, 2.45) is 11.1 Å². The van der Waals surface area contributed by atoms with E-state index in [-0.39, 0.29) is 5.41 Å². The summed E-state index contributed by atoms with van der Waals surface area (Å²) >= 11 is 0. The highest BCUT2D eigenvalue weighted by atomic mass is 19.1. The van der Waals surface area contributed by atoms with Crippen molar-refractivity contribution in [2.45, 2.75) is 26.3 Å². The number of hydrogen-bond donors (Lipinski definition) is 1. The van der Waals surface area contributed by atoms with Gasteiger partial charge in [-0.05, 0) is 55.6 Å². The smallest absolute Gasteiger partial charge is 0.126 e. The Balaban J connectivity index is 1.95. The molecule has 1 heterocycles. The van der Waals surface area contributed by atoms with Crippen LogP contribution in [0.4, 0.5) is 8.78 Å². The Kier molecular flexibility index (Phi) is 3.97. The minimum atomic E-state index is -0.506. The fourth-order valence-electron chi connectivity index (χ4n) is 2.42. The van der Waals surface area contributed by atoms with Gasteiger partial charge >= 0.3 is 0 Å². The second kappa shape index (κ2) is 5.33. The zero-order chi connectivity index (χ0) is 13.2. The zero-order valence-corrected chi connectivity index (χ0v) is 10.8. The van der Waals surface area contributed by atoms with E-state index in [1.807, 2.05) is 0 Å². The Hall–Kier alpha value is -1.00. The number of likely N-dealkylation sites (tertiary alicyclic amines) is 1. The Morgan fingerprint density at radius 1 is 1.17 bits per heavy atom. The molecule has 0 saturated carbocycles. The van der Waals surface area contributed by atoms with Crippen molar-refractivity contribution in [3.8, 4) is 0 Å². The van der Waals surface area contributed by atoms with Crippen LogP contribution in [0.3, 0.4) is 0 Å². The summed E-state index contributed by atoms with van der Waals surface area (Å²) in [7, 11) is 0. The molecule has 1 aliphatic heterocycles. The lowest BCUT2D eigenvalue weighted by Gasteiger charge is -2.38. The van der Waals surface area contributed by atoms with Crippen molar-refractivity contribution in [1.29, 1.82) is 0 Å². The average Bonchev–Trinajstić information content (AvgIpc) is 2.31. The molecule has 1 aliphatic rings. The summed E-state index contributed by atoms with van der Waals surface area (Å²) in [5, 5.41) is 0. The van der Waals surface area contributed by atoms with Gasteiger partial charge in [-0.15, -0.1) is 0 Å². The van der Waals surface area contributed by atoms with E-state index in [1.165, 1.54) is 12.1 Å². The largest absolute Gasteiger partial charge is 0.330 e. The van der Waals surface area contributed by atoms with Gasteiger partial charge in [0.15, 0.2) is 0 Å². The predicted octanol–water partition coefficient (Wildman–Crippen LogP) is 2.53. The minimum Gasteiger partial charge on any atom is -0.330 e. The number of nitrogens with zero attached hydrogens (tertiary/aromatic N) is 1. The van der Waals surface area contributed by atoms with Gasteiger partial charge < -0.3 is 5.73 Å². The molecular formula is C14H20F2N2. The van der Waals surface area contributed by atoms with Gasteiger partial charge in [-0.3, -0.25) is 4.90 Å². The molecule has 1 saturated heterocycles. The van der Waals surface area contributed by atoms with Crippen LogP contribution in [-0.2, 0) is 6.54 Å². The first kappa shape index (κ1) is 13.4. The van der Waals surface area contributed by atoms with Crippen molar-refractivity contribution >= 4 is 0 Å². The molecule has 0 atom stereocenters. The first-order chi connectivity index (χ1) is 8.50. The van der Waals surface area contributed by atoms with Gasteiger partial charge in [-0.2, -0.15) is 0 Å². The molecule has 2 nitrogen and oxygen atoms in total. The molecular weight excluding hydrogens is 234 g/mol. The Morgan fingerprint density at radius 3 is 2.22 bits per heavy atom. The van der Waals surface area contributed by atoms with E-state index in [4.69, 9.17) is 5.73 Å². The molecule has 0 amide bonds. The Morgan fingerprint density at radius 2 is 1.72 bits per heavy atom. The molecule has 0 spiro atoms. The van der Waals surface area contributed by atoms with Gasteiger partial charge in [0.1, 0.15) is 11.6 Å². The maximum absolute atomic E-state index is 13.1. The number of benzene rings is 1. The molecule has 0 aliphatic carbocycles. The molecule has 18 heavy (non-hydrogen) atoms. The van der Waals surface area contributed by atoms with E-state index in [1.54, 1.807) is 0 Å². The molecule has 0 bridgehead atoms. The zero-order valence-electron chi connectivity index (χ0n) is 10.8. The summed E-state index contributed by atoms with van der Waals surface area (Å²) in [6, 6.07) is 3.71. The van der Waals surface area contributed by atoms with E-state index in [9.17, 15) is 8.78 Å². The number of halogens is 2. The van der Waals surface area contributed by atoms with Gasteiger partial charge in [0.05, 0.1) is 0 Å². The lowest BCUT2D eigenvalue weighted by Crippen LogP contribution is -2.41. The summed E-state index contributed by atoms with van der Waals surface area (Å²) < 4.78 is 26.2. The Bertz CT molecular complexity index is 392. The topological polar surface area (TPSA) is 29.3 Å². The summed E-state index contributed by atoms with van der Waals surface area (Å²) in [6.07, 6.45) is 2.09. The third-order valence-electron chi connectivity index (χ3n) is 3.88. The van der Waals surface area contributed by atoms with Crippen LogP contribution in [-0.4, -0.2) is 24.5 Å². The monoisotopic (exact) mass is 254 g/mol. The summed E-state index contributed by atoms with van der Waals surface area (Å²) in [5.41, 5.74) is 6.68. The third kappa shape index (κ3) is 3.27. The van der Waals surface area contributed by atoms with Crippen molar-refractivity contribution in [3.05, 3.63) is 35.4 Å². The van der Waals surface area contributed by atoms with Crippen LogP contribution in [0, 0.1) is 17.0 Å². The maximum Gasteiger partial charge on any atom is 0.126 e. The second-order valence-electron chi connectivity index (χ2n) is 5.57. The first-order valence-electron chi connectivity index (χ1n) is 6.38. The van der Waals surface area contributed by atoms with E-state index in [2.05, 4.69) is 11.8 Å². The second-order valence-corrected chi connectivity index (χ2v) is 5.57. The maximum atomic E-state index is 13.1. The quantitative estimate of drug-likeness (QED) is 0.898. The van der Waals surface area contributed by atoms with E-state index >= 15 is 0 Å². The Labute approximate surface area is 107 Å². The summed E-state index contributed by atoms with van der Waals surface area (Å²) in [5.74, 6) is -1.01. The van der Waals surface area contributed by atoms with Crippen LogP contribution in [0.1, 0.15) is 25.3 Å². The van der Waals surface area contributed by atoms with Crippen LogP contribution < -0.4 is 5.73 Å². The lowest BCUT2D eigenvalue weighted by molar-refractivity contribution is 0.119. The number of hydrogen-bond acceptors (Lipinski definition) is 2. The van der Waals surface area contributed by atoms with Crippen LogP contribution in [0.5, 0.6) is 0 Å². The highest BCUT2D eigenvalue weighted by Gasteiger charge is 2.28. The van der Waals surface area contributed by atoms with E-state index in [0.29, 0.717) is 18.7 Å². The highest BCUT2D eigenvalue weighted by molar-refractivity contribution is 5.17. The summed E-state index contributed by atoms with van der Waals surface area (Å²) in [6.45, 7) is 5.38. The van der Waals surface area contributed by atoms with Gasteiger partial charge in [0.25, 0.3) is 0 Å². The van der Waals surface area contributed by atoms with Crippen molar-refractivity contribution in [2.75, 3.05) is 19.6 Å². The molecule has 1 aromatic carbocycles. The van der Waals surface area contributed by atoms with Gasteiger partial charge in [-0.1, -0.05) is 6.92 Å². The minimum absolute atomic E-state index is 0.226. The fourth-order valence-corrected chi connectivity index (χ4v) is 2.42. The molecule has 1 fully saturated rings. The summed E-state index contributed by atoms with van der Waals surface area (Å²) in [4.78, 5) is 2.23. The number of rotatable bonds is 3. The van der Waals surface area contributed by atoms with Crippen molar-refractivity contribution in [1.82, 2.24) is 4.90 Å². The van der Waals surface area contributed by atoms with E-state index in [0.717, 1.165) is 32.0 Å². The fraction of sp³-hybridized carbons (Fsp3) is 0.571. The lowest BCUT2D eigenvalue weighted by atomic mass is 9.80. The molecule has 0 radical (unpaired) electrons. The third-order valence-corrected chi connectivity index (χ3v) is 3.88. The predicted molar refractivity (Wildman–Crippen MR) is 68.0 cm³/mol. The van der Waals surface area contributed by atoms with Crippen molar-refractivity contribution < 1.29 is 8.78 Å². The molecule has 4 heteroatoms. The standard InChI is InChI=1S/C14H20F2N2/c1-14(10-17)2-4-18(5-3-14)9-11-6-12(15)8-13(16)7-11/h6-8H,2-5,9-10,17H2,1H3. The average molecular weight is 254 g/mol.